The van der Waals surface area contributed by atoms with Gasteiger partial charge in [-0.3, -0.25) is 4.79 Å². The van der Waals surface area contributed by atoms with E-state index in [-0.39, 0.29) is 5.91 Å². The van der Waals surface area contributed by atoms with Crippen LogP contribution in [0.25, 0.3) is 0 Å². The number of carbonyl (C=O) groups excluding carboxylic acids is 1. The molecule has 1 aromatic heterocycles. The quantitative estimate of drug-likeness (QED) is 0.811. The molecule has 0 fully saturated rings. The maximum absolute atomic E-state index is 11.6. The lowest BCUT2D eigenvalue weighted by Crippen LogP contribution is -2.14. The van der Waals surface area contributed by atoms with Crippen LogP contribution in [0, 0.1) is 0 Å². The van der Waals surface area contributed by atoms with Crippen molar-refractivity contribution in [2.24, 2.45) is 0 Å². The Morgan fingerprint density at radius 3 is 2.89 bits per heavy atom. The van der Waals surface area contributed by atoms with E-state index in [2.05, 4.69) is 10.3 Å². The summed E-state index contributed by atoms with van der Waals surface area (Å²) in [4.78, 5) is 15.6. The normalized spacial score (nSPS) is 10.2. The third-order valence-corrected chi connectivity index (χ3v) is 3.28. The fourth-order valence-corrected chi connectivity index (χ4v) is 2.21. The monoisotopic (exact) mass is 261 g/mol. The third kappa shape index (κ3) is 4.25. The summed E-state index contributed by atoms with van der Waals surface area (Å²) in [7, 11) is 0. The third-order valence-electron chi connectivity index (χ3n) is 2.34. The second kappa shape index (κ2) is 6.86. The Bertz CT molecular complexity index is 470. The van der Waals surface area contributed by atoms with Gasteiger partial charge in [0, 0.05) is 30.4 Å². The number of carbonyl (C=O) groups is 1. The van der Waals surface area contributed by atoms with E-state index in [1.165, 1.54) is 0 Å². The molecule has 1 heterocycles. The fourth-order valence-electron chi connectivity index (χ4n) is 1.47. The van der Waals surface area contributed by atoms with Gasteiger partial charge in [-0.1, -0.05) is 18.2 Å². The van der Waals surface area contributed by atoms with Crippen molar-refractivity contribution in [3.8, 4) is 0 Å². The van der Waals surface area contributed by atoms with Crippen molar-refractivity contribution in [2.45, 2.75) is 6.54 Å². The highest BCUT2D eigenvalue weighted by Gasteiger charge is 2.01. The summed E-state index contributed by atoms with van der Waals surface area (Å²) in [6, 6.07) is 9.50. The van der Waals surface area contributed by atoms with Gasteiger partial charge < -0.3 is 9.88 Å². The van der Waals surface area contributed by atoms with Gasteiger partial charge in [0.2, 0.25) is 5.91 Å². The first-order chi connectivity index (χ1) is 8.84. The summed E-state index contributed by atoms with van der Waals surface area (Å²) in [5.74, 6) is 1.42. The number of para-hydroxylation sites is 1. The number of imidazole rings is 1. The van der Waals surface area contributed by atoms with Crippen molar-refractivity contribution in [3.63, 3.8) is 0 Å². The van der Waals surface area contributed by atoms with Gasteiger partial charge in [-0.25, -0.2) is 4.98 Å². The Hall–Kier alpha value is -1.75. The van der Waals surface area contributed by atoms with Crippen LogP contribution in [-0.4, -0.2) is 27.0 Å². The largest absolute Gasteiger partial charge is 0.337 e. The van der Waals surface area contributed by atoms with E-state index in [4.69, 9.17) is 0 Å². The van der Waals surface area contributed by atoms with Crippen molar-refractivity contribution < 1.29 is 4.79 Å². The molecule has 0 saturated carbocycles. The summed E-state index contributed by atoms with van der Waals surface area (Å²) >= 11 is 1.62. The van der Waals surface area contributed by atoms with Gasteiger partial charge in [-0.15, -0.1) is 0 Å². The molecule has 0 aliphatic carbocycles. The molecule has 0 radical (unpaired) electrons. The second-order valence-corrected chi connectivity index (χ2v) is 4.87. The van der Waals surface area contributed by atoms with E-state index >= 15 is 0 Å². The minimum absolute atomic E-state index is 0.0387. The molecule has 2 aromatic rings. The van der Waals surface area contributed by atoms with Crippen LogP contribution >= 0.6 is 11.8 Å². The number of hydrogen-bond acceptors (Lipinski definition) is 3. The zero-order chi connectivity index (χ0) is 12.6. The number of benzene rings is 1. The van der Waals surface area contributed by atoms with E-state index in [1.54, 1.807) is 24.3 Å². The molecule has 0 aliphatic rings. The van der Waals surface area contributed by atoms with Crippen molar-refractivity contribution in [1.29, 1.82) is 0 Å². The van der Waals surface area contributed by atoms with E-state index in [0.29, 0.717) is 5.75 Å². The molecule has 1 aromatic carbocycles. The highest BCUT2D eigenvalue weighted by atomic mass is 32.2. The van der Waals surface area contributed by atoms with Gasteiger partial charge in [-0.2, -0.15) is 11.8 Å². The highest BCUT2D eigenvalue weighted by Crippen LogP contribution is 2.07. The fraction of sp³-hybridized carbons (Fsp3) is 0.231. The SMILES string of the molecule is O=C(CSCCn1ccnc1)Nc1ccccc1. The van der Waals surface area contributed by atoms with Crippen LogP contribution in [0.3, 0.4) is 0 Å². The van der Waals surface area contributed by atoms with Crippen LogP contribution in [0.5, 0.6) is 0 Å². The van der Waals surface area contributed by atoms with Crippen molar-refractivity contribution >= 4 is 23.4 Å². The second-order valence-electron chi connectivity index (χ2n) is 3.77. The lowest BCUT2D eigenvalue weighted by molar-refractivity contribution is -0.113. The van der Waals surface area contributed by atoms with Crippen LogP contribution in [0.15, 0.2) is 49.1 Å². The van der Waals surface area contributed by atoms with Crippen molar-refractivity contribution in [3.05, 3.63) is 49.1 Å². The number of rotatable bonds is 6. The van der Waals surface area contributed by atoms with E-state index in [9.17, 15) is 4.79 Å². The molecule has 0 saturated heterocycles. The number of nitrogens with one attached hydrogen (secondary N) is 1. The standard InChI is InChI=1S/C13H15N3OS/c17-13(15-12-4-2-1-3-5-12)10-18-9-8-16-7-6-14-11-16/h1-7,11H,8-10H2,(H,15,17). The molecule has 0 aliphatic heterocycles. The molecule has 2 rings (SSSR count). The smallest absolute Gasteiger partial charge is 0.234 e. The maximum Gasteiger partial charge on any atom is 0.234 e. The topological polar surface area (TPSA) is 46.9 Å². The average molecular weight is 261 g/mol. The summed E-state index contributed by atoms with van der Waals surface area (Å²) in [5, 5.41) is 2.86. The number of hydrogen-bond donors (Lipinski definition) is 1. The van der Waals surface area contributed by atoms with Gasteiger partial charge in [0.25, 0.3) is 0 Å². The number of amides is 1. The van der Waals surface area contributed by atoms with Crippen LogP contribution in [0.4, 0.5) is 5.69 Å². The first-order valence-electron chi connectivity index (χ1n) is 5.73. The van der Waals surface area contributed by atoms with Crippen LogP contribution in [0.2, 0.25) is 0 Å². The summed E-state index contributed by atoms with van der Waals surface area (Å²) in [6.45, 7) is 0.878. The summed E-state index contributed by atoms with van der Waals surface area (Å²) in [5.41, 5.74) is 0.845. The molecule has 0 atom stereocenters. The number of thioether (sulfide) groups is 1. The minimum atomic E-state index is 0.0387. The average Bonchev–Trinajstić information content (AvgIpc) is 2.89. The molecule has 0 bridgehead atoms. The lowest BCUT2D eigenvalue weighted by atomic mass is 10.3. The summed E-state index contributed by atoms with van der Waals surface area (Å²) < 4.78 is 2.00. The first-order valence-corrected chi connectivity index (χ1v) is 6.88. The van der Waals surface area contributed by atoms with Crippen molar-refractivity contribution in [2.75, 3.05) is 16.8 Å². The molecule has 0 spiro atoms. The molecule has 4 nitrogen and oxygen atoms in total. The van der Waals surface area contributed by atoms with E-state index in [0.717, 1.165) is 18.0 Å². The van der Waals surface area contributed by atoms with Crippen LogP contribution in [-0.2, 0) is 11.3 Å². The van der Waals surface area contributed by atoms with Gasteiger partial charge >= 0.3 is 0 Å². The van der Waals surface area contributed by atoms with Gasteiger partial charge in [-0.05, 0) is 12.1 Å². The maximum atomic E-state index is 11.6. The highest BCUT2D eigenvalue weighted by molar-refractivity contribution is 7.99. The number of aryl methyl sites for hydroxylation is 1. The molecule has 0 unspecified atom stereocenters. The number of nitrogens with zero attached hydrogens (tertiary/aromatic N) is 2. The zero-order valence-electron chi connectivity index (χ0n) is 9.95. The first kappa shape index (κ1) is 12.7. The molecule has 94 valence electrons. The van der Waals surface area contributed by atoms with E-state index < -0.39 is 0 Å². The Labute approximate surface area is 110 Å². The number of aromatic nitrogens is 2. The molecule has 1 N–H and O–H groups in total. The van der Waals surface area contributed by atoms with Gasteiger partial charge in [0.05, 0.1) is 12.1 Å². The summed E-state index contributed by atoms with van der Waals surface area (Å²) in [6.07, 6.45) is 5.46. The molecular formula is C13H15N3OS. The Balaban J connectivity index is 1.63. The van der Waals surface area contributed by atoms with E-state index in [1.807, 2.05) is 41.1 Å². The minimum Gasteiger partial charge on any atom is -0.337 e. The van der Waals surface area contributed by atoms with Gasteiger partial charge in [0.15, 0.2) is 0 Å². The number of anilines is 1. The Kier molecular flexibility index (Phi) is 4.84. The van der Waals surface area contributed by atoms with Gasteiger partial charge in [0.1, 0.15) is 0 Å². The molecular weight excluding hydrogens is 246 g/mol. The molecule has 5 heteroatoms. The molecule has 18 heavy (non-hydrogen) atoms. The van der Waals surface area contributed by atoms with Crippen LogP contribution < -0.4 is 5.32 Å². The predicted octanol–water partition coefficient (Wildman–Crippen LogP) is 2.25. The van der Waals surface area contributed by atoms with Crippen LogP contribution in [0.1, 0.15) is 0 Å². The lowest BCUT2D eigenvalue weighted by Gasteiger charge is -2.05. The van der Waals surface area contributed by atoms with Crippen molar-refractivity contribution in [1.82, 2.24) is 9.55 Å². The Morgan fingerprint density at radius 1 is 1.33 bits per heavy atom. The Morgan fingerprint density at radius 2 is 2.17 bits per heavy atom. The molecule has 1 amide bonds. The predicted molar refractivity (Wildman–Crippen MR) is 74.6 cm³/mol. The zero-order valence-corrected chi connectivity index (χ0v) is 10.8.